The van der Waals surface area contributed by atoms with Crippen molar-refractivity contribution in [2.45, 2.75) is 45.1 Å². The van der Waals surface area contributed by atoms with Crippen molar-refractivity contribution in [2.75, 3.05) is 27.2 Å². The summed E-state index contributed by atoms with van der Waals surface area (Å²) in [5, 5.41) is 4.83. The van der Waals surface area contributed by atoms with Gasteiger partial charge in [-0.25, -0.2) is 4.98 Å². The third kappa shape index (κ3) is 4.04. The molecule has 3 nitrogen and oxygen atoms in total. The molecule has 0 saturated heterocycles. The highest BCUT2D eigenvalue weighted by atomic mass is 32.1. The Morgan fingerprint density at radius 3 is 2.78 bits per heavy atom. The van der Waals surface area contributed by atoms with Crippen molar-refractivity contribution in [3.8, 4) is 0 Å². The molecule has 1 saturated carbocycles. The highest BCUT2D eigenvalue weighted by Gasteiger charge is 2.29. The number of aromatic nitrogens is 1. The fourth-order valence-corrected chi connectivity index (χ4v) is 3.13. The Morgan fingerprint density at radius 1 is 1.39 bits per heavy atom. The summed E-state index contributed by atoms with van der Waals surface area (Å²) in [6.45, 7) is 5.43. The molecule has 0 spiro atoms. The van der Waals surface area contributed by atoms with Crippen LogP contribution in [0.2, 0.25) is 0 Å². The first-order valence-electron chi connectivity index (χ1n) is 7.04. The normalized spacial score (nSPS) is 15.6. The molecule has 1 aliphatic carbocycles. The fourth-order valence-electron chi connectivity index (χ4n) is 2.02. The lowest BCUT2D eigenvalue weighted by atomic mass is 10.2. The molecule has 1 aromatic heterocycles. The van der Waals surface area contributed by atoms with Crippen LogP contribution in [0.25, 0.3) is 0 Å². The summed E-state index contributed by atoms with van der Waals surface area (Å²) in [5.41, 5.74) is 1.40. The van der Waals surface area contributed by atoms with Gasteiger partial charge in [0, 0.05) is 30.3 Å². The molecule has 1 aliphatic rings. The number of hydrogen-bond acceptors (Lipinski definition) is 4. The van der Waals surface area contributed by atoms with E-state index in [1.54, 1.807) is 0 Å². The lowest BCUT2D eigenvalue weighted by molar-refractivity contribution is 0.413. The van der Waals surface area contributed by atoms with Crippen LogP contribution in [0.4, 0.5) is 0 Å². The summed E-state index contributed by atoms with van der Waals surface area (Å²) >= 11 is 1.92. The highest BCUT2D eigenvalue weighted by Crippen LogP contribution is 2.42. The monoisotopic (exact) mass is 267 g/mol. The number of likely N-dealkylation sites (N-methyl/N-ethyl adjacent to an activating group) is 1. The lowest BCUT2D eigenvalue weighted by Gasteiger charge is -2.06. The third-order valence-corrected chi connectivity index (χ3v) is 4.35. The minimum atomic E-state index is 0.771. The second-order valence-electron chi connectivity index (χ2n) is 5.42. The first-order chi connectivity index (χ1) is 8.70. The van der Waals surface area contributed by atoms with E-state index in [9.17, 15) is 0 Å². The summed E-state index contributed by atoms with van der Waals surface area (Å²) in [5.74, 6) is 0.771. The van der Waals surface area contributed by atoms with Gasteiger partial charge in [0.25, 0.3) is 0 Å². The number of nitrogens with zero attached hydrogens (tertiary/aromatic N) is 2. The standard InChI is InChI=1S/C14H25N3S/c1-4-8-15-10-12-14(11-5-6-11)16-13(18-12)7-9-17(2)3/h11,15H,4-10H2,1-3H3. The minimum absolute atomic E-state index is 0.771. The van der Waals surface area contributed by atoms with Gasteiger partial charge in [0.15, 0.2) is 0 Å². The summed E-state index contributed by atoms with van der Waals surface area (Å²) in [6.07, 6.45) is 4.98. The van der Waals surface area contributed by atoms with Crippen molar-refractivity contribution in [3.05, 3.63) is 15.6 Å². The largest absolute Gasteiger partial charge is 0.312 e. The summed E-state index contributed by atoms with van der Waals surface area (Å²) in [6, 6.07) is 0. The molecule has 0 radical (unpaired) electrons. The molecule has 1 heterocycles. The Kier molecular flexibility index (Phi) is 5.15. The average molecular weight is 267 g/mol. The molecule has 18 heavy (non-hydrogen) atoms. The van der Waals surface area contributed by atoms with Crippen molar-refractivity contribution >= 4 is 11.3 Å². The molecule has 0 amide bonds. The molecule has 4 heteroatoms. The highest BCUT2D eigenvalue weighted by molar-refractivity contribution is 7.11. The van der Waals surface area contributed by atoms with Gasteiger partial charge in [0.1, 0.15) is 0 Å². The van der Waals surface area contributed by atoms with Gasteiger partial charge in [-0.3, -0.25) is 0 Å². The lowest BCUT2D eigenvalue weighted by Crippen LogP contribution is -2.14. The van der Waals surface area contributed by atoms with Crippen LogP contribution < -0.4 is 5.32 Å². The van der Waals surface area contributed by atoms with E-state index in [0.717, 1.165) is 32.0 Å². The van der Waals surface area contributed by atoms with E-state index in [2.05, 4.69) is 31.2 Å². The Bertz CT molecular complexity index is 369. The minimum Gasteiger partial charge on any atom is -0.312 e. The first kappa shape index (κ1) is 14.0. The number of thiazole rings is 1. The quantitative estimate of drug-likeness (QED) is 0.734. The average Bonchev–Trinajstić information content (AvgIpc) is 3.09. The van der Waals surface area contributed by atoms with E-state index in [1.165, 1.54) is 34.8 Å². The summed E-state index contributed by atoms with van der Waals surface area (Å²) in [7, 11) is 4.25. The van der Waals surface area contributed by atoms with Crippen molar-refractivity contribution in [1.82, 2.24) is 15.2 Å². The van der Waals surface area contributed by atoms with Gasteiger partial charge in [-0.15, -0.1) is 11.3 Å². The maximum atomic E-state index is 4.87. The zero-order valence-electron chi connectivity index (χ0n) is 11.8. The Balaban J connectivity index is 1.97. The van der Waals surface area contributed by atoms with E-state index in [-0.39, 0.29) is 0 Å². The van der Waals surface area contributed by atoms with Gasteiger partial charge in [-0.1, -0.05) is 6.92 Å². The van der Waals surface area contributed by atoms with Crippen LogP contribution in [-0.4, -0.2) is 37.1 Å². The van der Waals surface area contributed by atoms with E-state index >= 15 is 0 Å². The molecule has 1 aromatic rings. The van der Waals surface area contributed by atoms with Crippen molar-refractivity contribution in [2.24, 2.45) is 0 Å². The zero-order valence-corrected chi connectivity index (χ0v) is 12.6. The van der Waals surface area contributed by atoms with Gasteiger partial charge in [0.05, 0.1) is 10.7 Å². The van der Waals surface area contributed by atoms with Crippen LogP contribution in [0.1, 0.15) is 47.7 Å². The van der Waals surface area contributed by atoms with E-state index in [1.807, 2.05) is 11.3 Å². The molecule has 0 bridgehead atoms. The number of hydrogen-bond donors (Lipinski definition) is 1. The molecule has 2 rings (SSSR count). The molecule has 0 atom stereocenters. The zero-order chi connectivity index (χ0) is 13.0. The Labute approximate surface area is 115 Å². The predicted molar refractivity (Wildman–Crippen MR) is 78.3 cm³/mol. The molecule has 1 N–H and O–H groups in total. The second-order valence-corrected chi connectivity index (χ2v) is 6.59. The van der Waals surface area contributed by atoms with Crippen LogP contribution in [0.5, 0.6) is 0 Å². The predicted octanol–water partition coefficient (Wildman–Crippen LogP) is 2.62. The van der Waals surface area contributed by atoms with Crippen LogP contribution in [-0.2, 0) is 13.0 Å². The molecule has 0 aromatic carbocycles. The van der Waals surface area contributed by atoms with Gasteiger partial charge < -0.3 is 10.2 Å². The SMILES string of the molecule is CCCNCc1sc(CCN(C)C)nc1C1CC1. The molecule has 0 unspecified atom stereocenters. The molecule has 0 aliphatic heterocycles. The topological polar surface area (TPSA) is 28.2 Å². The maximum Gasteiger partial charge on any atom is 0.0944 e. The van der Waals surface area contributed by atoms with Gasteiger partial charge >= 0.3 is 0 Å². The smallest absolute Gasteiger partial charge is 0.0944 e. The molecular formula is C14H25N3S. The van der Waals surface area contributed by atoms with Crippen molar-refractivity contribution < 1.29 is 0 Å². The first-order valence-corrected chi connectivity index (χ1v) is 7.86. The third-order valence-electron chi connectivity index (χ3n) is 3.22. The molecular weight excluding hydrogens is 242 g/mol. The van der Waals surface area contributed by atoms with Crippen LogP contribution in [0.15, 0.2) is 0 Å². The summed E-state index contributed by atoms with van der Waals surface area (Å²) < 4.78 is 0. The van der Waals surface area contributed by atoms with Crippen molar-refractivity contribution in [3.63, 3.8) is 0 Å². The Hall–Kier alpha value is -0.450. The number of nitrogens with one attached hydrogen (secondary N) is 1. The summed E-state index contributed by atoms with van der Waals surface area (Å²) in [4.78, 5) is 8.59. The van der Waals surface area contributed by atoms with E-state index in [0.29, 0.717) is 0 Å². The van der Waals surface area contributed by atoms with Gasteiger partial charge in [-0.2, -0.15) is 0 Å². The van der Waals surface area contributed by atoms with Crippen LogP contribution in [0.3, 0.4) is 0 Å². The van der Waals surface area contributed by atoms with Crippen molar-refractivity contribution in [1.29, 1.82) is 0 Å². The number of rotatable bonds is 8. The van der Waals surface area contributed by atoms with E-state index < -0.39 is 0 Å². The van der Waals surface area contributed by atoms with E-state index in [4.69, 9.17) is 4.98 Å². The van der Waals surface area contributed by atoms with Gasteiger partial charge in [0.2, 0.25) is 0 Å². The van der Waals surface area contributed by atoms with Gasteiger partial charge in [-0.05, 0) is 39.9 Å². The molecule has 102 valence electrons. The second kappa shape index (κ2) is 6.64. The van der Waals surface area contributed by atoms with Crippen LogP contribution in [0, 0.1) is 0 Å². The van der Waals surface area contributed by atoms with Crippen LogP contribution >= 0.6 is 11.3 Å². The maximum absolute atomic E-state index is 4.87. The fraction of sp³-hybridized carbons (Fsp3) is 0.786. The molecule has 1 fully saturated rings. The Morgan fingerprint density at radius 2 is 2.17 bits per heavy atom.